The summed E-state index contributed by atoms with van der Waals surface area (Å²) in [6, 6.07) is 10.3. The maximum atomic E-state index is 12.6. The van der Waals surface area contributed by atoms with Crippen LogP contribution in [-0.2, 0) is 11.2 Å². The van der Waals surface area contributed by atoms with Gasteiger partial charge in [-0.2, -0.15) is 0 Å². The van der Waals surface area contributed by atoms with Crippen LogP contribution in [0.25, 0.3) is 0 Å². The zero-order valence-electron chi connectivity index (χ0n) is 12.8. The van der Waals surface area contributed by atoms with Crippen LogP contribution in [0.5, 0.6) is 0 Å². The molecular weight excluding hydrogens is 234 g/mol. The van der Waals surface area contributed by atoms with Gasteiger partial charge in [-0.15, -0.1) is 0 Å². The minimum Gasteiger partial charge on any atom is -0.298 e. The van der Waals surface area contributed by atoms with Crippen molar-refractivity contribution in [3.63, 3.8) is 0 Å². The van der Waals surface area contributed by atoms with E-state index in [-0.39, 0.29) is 5.54 Å². The van der Waals surface area contributed by atoms with Gasteiger partial charge in [-0.25, -0.2) is 0 Å². The lowest BCUT2D eigenvalue weighted by atomic mass is 9.87. The van der Waals surface area contributed by atoms with E-state index < -0.39 is 0 Å². The van der Waals surface area contributed by atoms with E-state index in [0.29, 0.717) is 12.2 Å². The molecule has 2 heteroatoms. The standard InChI is InChI=1S/C17H27NO/c1-5-17(4,18(6-2)7-3)16(19)14-13-15-11-9-8-10-12-15/h8-12H,5-7,13-14H2,1-4H3. The molecule has 1 aromatic carbocycles. The first-order valence-corrected chi connectivity index (χ1v) is 7.40. The van der Waals surface area contributed by atoms with Crippen molar-refractivity contribution < 1.29 is 4.79 Å². The lowest BCUT2D eigenvalue weighted by molar-refractivity contribution is -0.130. The number of benzene rings is 1. The third kappa shape index (κ3) is 3.90. The van der Waals surface area contributed by atoms with Crippen molar-refractivity contribution in [3.8, 4) is 0 Å². The number of hydrogen-bond acceptors (Lipinski definition) is 2. The average Bonchev–Trinajstić information content (AvgIpc) is 2.46. The summed E-state index contributed by atoms with van der Waals surface area (Å²) in [6.07, 6.45) is 2.35. The van der Waals surface area contributed by atoms with E-state index in [9.17, 15) is 4.79 Å². The minimum absolute atomic E-state index is 0.307. The molecule has 0 bridgehead atoms. The van der Waals surface area contributed by atoms with Crippen LogP contribution in [0, 0.1) is 0 Å². The number of ketones is 1. The van der Waals surface area contributed by atoms with E-state index in [4.69, 9.17) is 0 Å². The Hall–Kier alpha value is -1.15. The molecule has 0 fully saturated rings. The van der Waals surface area contributed by atoms with Gasteiger partial charge in [0.1, 0.15) is 0 Å². The molecule has 19 heavy (non-hydrogen) atoms. The predicted octanol–water partition coefficient (Wildman–Crippen LogP) is 3.70. The second kappa shape index (κ2) is 7.44. The molecule has 0 aliphatic carbocycles. The van der Waals surface area contributed by atoms with Gasteiger partial charge in [0.15, 0.2) is 5.78 Å². The Morgan fingerprint density at radius 3 is 2.16 bits per heavy atom. The number of likely N-dealkylation sites (N-methyl/N-ethyl adjacent to an activating group) is 1. The van der Waals surface area contributed by atoms with Gasteiger partial charge in [0.25, 0.3) is 0 Å². The second-order valence-corrected chi connectivity index (χ2v) is 5.21. The predicted molar refractivity (Wildman–Crippen MR) is 81.4 cm³/mol. The molecule has 0 radical (unpaired) electrons. The monoisotopic (exact) mass is 261 g/mol. The van der Waals surface area contributed by atoms with Crippen LogP contribution in [0.4, 0.5) is 0 Å². The Kier molecular flexibility index (Phi) is 6.23. The number of rotatable bonds is 8. The number of nitrogens with zero attached hydrogens (tertiary/aromatic N) is 1. The van der Waals surface area contributed by atoms with Crippen LogP contribution in [-0.4, -0.2) is 29.3 Å². The van der Waals surface area contributed by atoms with E-state index >= 15 is 0 Å². The Bertz CT molecular complexity index is 384. The fourth-order valence-corrected chi connectivity index (χ4v) is 2.69. The summed E-state index contributed by atoms with van der Waals surface area (Å²) < 4.78 is 0. The first-order valence-electron chi connectivity index (χ1n) is 7.40. The van der Waals surface area contributed by atoms with Gasteiger partial charge in [-0.05, 0) is 38.4 Å². The van der Waals surface area contributed by atoms with Crippen LogP contribution in [0.3, 0.4) is 0 Å². The Morgan fingerprint density at radius 2 is 1.68 bits per heavy atom. The smallest absolute Gasteiger partial charge is 0.153 e. The summed E-state index contributed by atoms with van der Waals surface area (Å²) in [7, 11) is 0. The molecule has 0 saturated carbocycles. The van der Waals surface area contributed by atoms with Gasteiger partial charge in [0.2, 0.25) is 0 Å². The van der Waals surface area contributed by atoms with Crippen molar-refractivity contribution in [3.05, 3.63) is 35.9 Å². The lowest BCUT2D eigenvalue weighted by Crippen LogP contribution is -2.52. The molecule has 1 rings (SSSR count). The van der Waals surface area contributed by atoms with Crippen LogP contribution in [0.2, 0.25) is 0 Å². The number of hydrogen-bond donors (Lipinski definition) is 0. The Labute approximate surface area is 117 Å². The normalized spacial score (nSPS) is 14.4. The summed E-state index contributed by atoms with van der Waals surface area (Å²) in [6.45, 7) is 10.3. The van der Waals surface area contributed by atoms with Crippen molar-refractivity contribution in [1.29, 1.82) is 0 Å². The van der Waals surface area contributed by atoms with Gasteiger partial charge >= 0.3 is 0 Å². The van der Waals surface area contributed by atoms with Crippen LogP contribution >= 0.6 is 0 Å². The quantitative estimate of drug-likeness (QED) is 0.711. The molecule has 0 saturated heterocycles. The third-order valence-corrected chi connectivity index (χ3v) is 4.23. The molecule has 0 aliphatic heterocycles. The molecule has 0 heterocycles. The van der Waals surface area contributed by atoms with E-state index in [0.717, 1.165) is 25.9 Å². The molecule has 0 spiro atoms. The number of carbonyl (C=O) groups is 1. The van der Waals surface area contributed by atoms with Crippen molar-refractivity contribution in [2.45, 2.75) is 52.5 Å². The molecule has 0 N–H and O–H groups in total. The summed E-state index contributed by atoms with van der Waals surface area (Å²) in [4.78, 5) is 14.9. The molecule has 0 aliphatic rings. The first-order chi connectivity index (χ1) is 9.08. The van der Waals surface area contributed by atoms with Gasteiger partial charge in [0, 0.05) is 6.42 Å². The zero-order chi connectivity index (χ0) is 14.3. The number of carbonyl (C=O) groups excluding carboxylic acids is 1. The summed E-state index contributed by atoms with van der Waals surface area (Å²) in [5.74, 6) is 0.363. The first kappa shape index (κ1) is 15.9. The summed E-state index contributed by atoms with van der Waals surface area (Å²) in [5, 5.41) is 0. The Balaban J connectivity index is 2.69. The average molecular weight is 261 g/mol. The molecule has 1 unspecified atom stereocenters. The topological polar surface area (TPSA) is 20.3 Å². The van der Waals surface area contributed by atoms with Gasteiger partial charge in [-0.3, -0.25) is 9.69 Å². The van der Waals surface area contributed by atoms with Crippen molar-refractivity contribution in [2.24, 2.45) is 0 Å². The van der Waals surface area contributed by atoms with Gasteiger partial charge in [0.05, 0.1) is 5.54 Å². The van der Waals surface area contributed by atoms with Gasteiger partial charge < -0.3 is 0 Å². The Morgan fingerprint density at radius 1 is 1.11 bits per heavy atom. The third-order valence-electron chi connectivity index (χ3n) is 4.23. The van der Waals surface area contributed by atoms with E-state index in [1.54, 1.807) is 0 Å². The lowest BCUT2D eigenvalue weighted by Gasteiger charge is -2.38. The number of aryl methyl sites for hydroxylation is 1. The fraction of sp³-hybridized carbons (Fsp3) is 0.588. The molecule has 0 amide bonds. The molecule has 0 aromatic heterocycles. The molecule has 1 atom stereocenters. The van der Waals surface area contributed by atoms with Crippen LogP contribution in [0.1, 0.15) is 46.1 Å². The highest BCUT2D eigenvalue weighted by atomic mass is 16.1. The fourth-order valence-electron chi connectivity index (χ4n) is 2.69. The van der Waals surface area contributed by atoms with Crippen molar-refractivity contribution in [1.82, 2.24) is 4.90 Å². The van der Waals surface area contributed by atoms with Crippen LogP contribution in [0.15, 0.2) is 30.3 Å². The van der Waals surface area contributed by atoms with Crippen molar-refractivity contribution in [2.75, 3.05) is 13.1 Å². The summed E-state index contributed by atoms with van der Waals surface area (Å²) in [5.41, 5.74) is 0.937. The maximum Gasteiger partial charge on any atom is 0.153 e. The largest absolute Gasteiger partial charge is 0.298 e. The highest BCUT2D eigenvalue weighted by Crippen LogP contribution is 2.22. The zero-order valence-corrected chi connectivity index (χ0v) is 12.8. The number of Topliss-reactive ketones (excluding diaryl/α,β-unsaturated/α-hetero) is 1. The molecule has 2 nitrogen and oxygen atoms in total. The SMILES string of the molecule is CCN(CC)C(C)(CC)C(=O)CCc1ccccc1. The molecular formula is C17H27NO. The van der Waals surface area contributed by atoms with Crippen molar-refractivity contribution >= 4 is 5.78 Å². The van der Waals surface area contributed by atoms with E-state index in [2.05, 4.69) is 44.7 Å². The summed E-state index contributed by atoms with van der Waals surface area (Å²) >= 11 is 0. The molecule has 1 aromatic rings. The van der Waals surface area contributed by atoms with Crippen LogP contribution < -0.4 is 0 Å². The van der Waals surface area contributed by atoms with E-state index in [1.807, 2.05) is 18.2 Å². The minimum atomic E-state index is -0.307. The highest BCUT2D eigenvalue weighted by molar-refractivity contribution is 5.88. The second-order valence-electron chi connectivity index (χ2n) is 5.21. The maximum absolute atomic E-state index is 12.6. The molecule has 106 valence electrons. The van der Waals surface area contributed by atoms with Gasteiger partial charge in [-0.1, -0.05) is 51.1 Å². The highest BCUT2D eigenvalue weighted by Gasteiger charge is 2.35. The van der Waals surface area contributed by atoms with E-state index in [1.165, 1.54) is 5.56 Å².